The van der Waals surface area contributed by atoms with Crippen LogP contribution in [0.2, 0.25) is 5.02 Å². The van der Waals surface area contributed by atoms with Crippen molar-refractivity contribution >= 4 is 23.5 Å². The molecule has 0 aliphatic carbocycles. The predicted molar refractivity (Wildman–Crippen MR) is 74.3 cm³/mol. The number of carbonyl (C=O) groups is 2. The van der Waals surface area contributed by atoms with Gasteiger partial charge in [-0.2, -0.15) is 0 Å². The summed E-state index contributed by atoms with van der Waals surface area (Å²) >= 11 is 5.91. The first kappa shape index (κ1) is 14.7. The third-order valence-corrected chi connectivity index (χ3v) is 3.68. The molecule has 0 unspecified atom stereocenters. The van der Waals surface area contributed by atoms with E-state index in [9.17, 15) is 14.7 Å². The largest absolute Gasteiger partial charge is 0.496 e. The number of nitrogens with zero attached hydrogens (tertiary/aromatic N) is 1. The van der Waals surface area contributed by atoms with Gasteiger partial charge < -0.3 is 14.7 Å². The van der Waals surface area contributed by atoms with Gasteiger partial charge in [-0.05, 0) is 37.5 Å². The number of likely N-dealkylation sites (tertiary alicyclic amines) is 1. The molecule has 6 heteroatoms. The number of rotatable bonds is 3. The molecule has 0 radical (unpaired) electrons. The van der Waals surface area contributed by atoms with Crippen LogP contribution in [-0.2, 0) is 4.79 Å². The van der Waals surface area contributed by atoms with Gasteiger partial charge in [-0.25, -0.2) is 4.79 Å². The molecule has 0 bridgehead atoms. The van der Waals surface area contributed by atoms with Crippen molar-refractivity contribution in [3.05, 3.63) is 28.8 Å². The highest BCUT2D eigenvalue weighted by atomic mass is 35.5. The molecule has 20 heavy (non-hydrogen) atoms. The van der Waals surface area contributed by atoms with Gasteiger partial charge in [0.05, 0.1) is 12.7 Å². The molecular formula is C14H16ClNO4. The minimum atomic E-state index is -0.973. The number of ether oxygens (including phenoxy) is 1. The van der Waals surface area contributed by atoms with Gasteiger partial charge in [-0.3, -0.25) is 4.79 Å². The van der Waals surface area contributed by atoms with E-state index in [4.69, 9.17) is 16.3 Å². The summed E-state index contributed by atoms with van der Waals surface area (Å²) in [5.41, 5.74) is 0.299. The van der Waals surface area contributed by atoms with Gasteiger partial charge in [0, 0.05) is 11.6 Å². The van der Waals surface area contributed by atoms with Crippen molar-refractivity contribution in [2.24, 2.45) is 0 Å². The van der Waals surface area contributed by atoms with Crippen molar-refractivity contribution in [2.45, 2.75) is 25.3 Å². The smallest absolute Gasteiger partial charge is 0.326 e. The maximum Gasteiger partial charge on any atom is 0.326 e. The van der Waals surface area contributed by atoms with Gasteiger partial charge in [0.25, 0.3) is 5.91 Å². The number of hydrogen-bond donors (Lipinski definition) is 1. The van der Waals surface area contributed by atoms with Crippen LogP contribution in [0.5, 0.6) is 5.75 Å². The van der Waals surface area contributed by atoms with E-state index in [1.165, 1.54) is 18.1 Å². The molecule has 1 N–H and O–H groups in total. The second kappa shape index (κ2) is 6.13. The Kier molecular flexibility index (Phi) is 4.49. The lowest BCUT2D eigenvalue weighted by Gasteiger charge is -2.33. The van der Waals surface area contributed by atoms with Crippen LogP contribution in [0, 0.1) is 0 Å². The Labute approximate surface area is 122 Å². The quantitative estimate of drug-likeness (QED) is 0.930. The number of hydrogen-bond acceptors (Lipinski definition) is 3. The van der Waals surface area contributed by atoms with E-state index in [0.717, 1.165) is 12.8 Å². The molecule has 0 saturated carbocycles. The maximum absolute atomic E-state index is 12.6. The fourth-order valence-electron chi connectivity index (χ4n) is 2.43. The van der Waals surface area contributed by atoms with E-state index in [1.807, 2.05) is 0 Å². The summed E-state index contributed by atoms with van der Waals surface area (Å²) in [6.07, 6.45) is 2.09. The van der Waals surface area contributed by atoms with Crippen molar-refractivity contribution in [3.63, 3.8) is 0 Å². The number of methoxy groups -OCH3 is 1. The number of benzene rings is 1. The molecule has 5 nitrogen and oxygen atoms in total. The molecule has 0 aromatic heterocycles. The third kappa shape index (κ3) is 2.88. The topological polar surface area (TPSA) is 66.8 Å². The maximum atomic E-state index is 12.6. The summed E-state index contributed by atoms with van der Waals surface area (Å²) in [7, 11) is 1.46. The summed E-state index contributed by atoms with van der Waals surface area (Å²) in [4.78, 5) is 25.2. The molecule has 1 saturated heterocycles. The second-order valence-electron chi connectivity index (χ2n) is 4.69. The van der Waals surface area contributed by atoms with Crippen LogP contribution >= 0.6 is 11.6 Å². The summed E-state index contributed by atoms with van der Waals surface area (Å²) in [6, 6.07) is 3.97. The van der Waals surface area contributed by atoms with Gasteiger partial charge >= 0.3 is 5.97 Å². The highest BCUT2D eigenvalue weighted by Gasteiger charge is 2.33. The lowest BCUT2D eigenvalue weighted by atomic mass is 10.0. The van der Waals surface area contributed by atoms with Crippen LogP contribution in [0.25, 0.3) is 0 Å². The van der Waals surface area contributed by atoms with Crippen LogP contribution in [0.3, 0.4) is 0 Å². The summed E-state index contributed by atoms with van der Waals surface area (Å²) < 4.78 is 5.15. The second-order valence-corrected chi connectivity index (χ2v) is 5.13. The minimum Gasteiger partial charge on any atom is -0.496 e. The van der Waals surface area contributed by atoms with Crippen LogP contribution in [0.1, 0.15) is 29.6 Å². The molecule has 1 fully saturated rings. The van der Waals surface area contributed by atoms with E-state index in [1.54, 1.807) is 12.1 Å². The SMILES string of the molecule is COc1ccc(Cl)cc1C(=O)N1CCCC[C@H]1C(=O)O. The number of carboxylic acids is 1. The first-order valence-corrected chi connectivity index (χ1v) is 6.79. The summed E-state index contributed by atoms with van der Waals surface area (Å²) in [6.45, 7) is 0.436. The first-order valence-electron chi connectivity index (χ1n) is 6.42. The number of halogens is 1. The summed E-state index contributed by atoms with van der Waals surface area (Å²) in [5.74, 6) is -0.926. The fraction of sp³-hybridized carbons (Fsp3) is 0.429. The average Bonchev–Trinajstić information content (AvgIpc) is 2.46. The molecule has 1 aromatic rings. The van der Waals surface area contributed by atoms with Crippen LogP contribution in [0.15, 0.2) is 18.2 Å². The minimum absolute atomic E-state index is 0.299. The Bertz CT molecular complexity index is 532. The van der Waals surface area contributed by atoms with Gasteiger partial charge in [0.15, 0.2) is 0 Å². The van der Waals surface area contributed by atoms with Crippen molar-refractivity contribution < 1.29 is 19.4 Å². The zero-order valence-electron chi connectivity index (χ0n) is 11.1. The molecule has 1 aromatic carbocycles. The highest BCUT2D eigenvalue weighted by Crippen LogP contribution is 2.27. The van der Waals surface area contributed by atoms with Gasteiger partial charge in [-0.1, -0.05) is 11.6 Å². The standard InChI is InChI=1S/C14H16ClNO4/c1-20-12-6-5-9(15)8-10(12)13(17)16-7-3-2-4-11(16)14(18)19/h5-6,8,11H,2-4,7H2,1H3,(H,18,19)/t11-/m0/s1. The van der Waals surface area contributed by atoms with Crippen molar-refractivity contribution in [2.75, 3.05) is 13.7 Å². The van der Waals surface area contributed by atoms with Crippen LogP contribution < -0.4 is 4.74 Å². The lowest BCUT2D eigenvalue weighted by Crippen LogP contribution is -2.48. The number of carboxylic acid groups (broad SMARTS) is 1. The van der Waals surface area contributed by atoms with Crippen molar-refractivity contribution in [1.29, 1.82) is 0 Å². The van der Waals surface area contributed by atoms with E-state index in [2.05, 4.69) is 0 Å². The molecule has 1 aliphatic rings. The first-order chi connectivity index (χ1) is 9.54. The Morgan fingerprint density at radius 2 is 2.15 bits per heavy atom. The number of piperidine rings is 1. The van der Waals surface area contributed by atoms with Gasteiger partial charge in [-0.15, -0.1) is 0 Å². The Morgan fingerprint density at radius 3 is 2.80 bits per heavy atom. The van der Waals surface area contributed by atoms with Crippen molar-refractivity contribution in [3.8, 4) is 5.75 Å². The fourth-order valence-corrected chi connectivity index (χ4v) is 2.61. The molecular weight excluding hydrogens is 282 g/mol. The third-order valence-electron chi connectivity index (χ3n) is 3.44. The molecule has 1 aliphatic heterocycles. The molecule has 1 heterocycles. The summed E-state index contributed by atoms with van der Waals surface area (Å²) in [5, 5.41) is 9.65. The Hall–Kier alpha value is -1.75. The highest BCUT2D eigenvalue weighted by molar-refractivity contribution is 6.31. The molecule has 1 amide bonds. The Morgan fingerprint density at radius 1 is 1.40 bits per heavy atom. The normalized spacial score (nSPS) is 18.7. The number of carbonyl (C=O) groups excluding carboxylic acids is 1. The van der Waals surface area contributed by atoms with Crippen LogP contribution in [0.4, 0.5) is 0 Å². The average molecular weight is 298 g/mol. The molecule has 108 valence electrons. The Balaban J connectivity index is 2.34. The monoisotopic (exact) mass is 297 g/mol. The number of aliphatic carboxylic acids is 1. The molecule has 2 rings (SSSR count). The van der Waals surface area contributed by atoms with E-state index in [-0.39, 0.29) is 5.91 Å². The zero-order valence-corrected chi connectivity index (χ0v) is 11.9. The molecule has 1 atom stereocenters. The van der Waals surface area contributed by atoms with Gasteiger partial charge in [0.2, 0.25) is 0 Å². The van der Waals surface area contributed by atoms with Gasteiger partial charge in [0.1, 0.15) is 11.8 Å². The van der Waals surface area contributed by atoms with Crippen molar-refractivity contribution in [1.82, 2.24) is 4.90 Å². The van der Waals surface area contributed by atoms with Crippen LogP contribution in [-0.4, -0.2) is 41.6 Å². The number of amides is 1. The molecule has 0 spiro atoms. The van der Waals surface area contributed by atoms with E-state index < -0.39 is 12.0 Å². The lowest BCUT2D eigenvalue weighted by molar-refractivity contribution is -0.143. The van der Waals surface area contributed by atoms with E-state index >= 15 is 0 Å². The predicted octanol–water partition coefficient (Wildman–Crippen LogP) is 2.43. The van der Waals surface area contributed by atoms with E-state index in [0.29, 0.717) is 29.3 Å². The zero-order chi connectivity index (χ0) is 14.7.